The Morgan fingerprint density at radius 2 is 1.66 bits per heavy atom. The summed E-state index contributed by atoms with van der Waals surface area (Å²) in [7, 11) is 2.07. The molecule has 168 valence electrons. The van der Waals surface area contributed by atoms with Gasteiger partial charge in [-0.05, 0) is 22.5 Å². The van der Waals surface area contributed by atoms with Crippen LogP contribution in [0.15, 0.2) is 48.5 Å². The van der Waals surface area contributed by atoms with Crippen LogP contribution in [-0.4, -0.2) is 17.1 Å². The van der Waals surface area contributed by atoms with Crippen molar-refractivity contribution in [3.05, 3.63) is 65.4 Å². The number of ketones is 1. The van der Waals surface area contributed by atoms with Crippen molar-refractivity contribution in [1.82, 2.24) is 4.57 Å². The summed E-state index contributed by atoms with van der Waals surface area (Å²) in [6.45, 7) is 13.1. The average molecular weight is 429 g/mol. The number of nitrogens with zero attached hydrogens (tertiary/aromatic N) is 1. The minimum absolute atomic E-state index is 0.185. The summed E-state index contributed by atoms with van der Waals surface area (Å²) < 4.78 is 8.24. The third-order valence-corrected chi connectivity index (χ3v) is 8.11. The fraction of sp³-hybridized carbons (Fsp3) is 0.464. The first-order valence-corrected chi connectivity index (χ1v) is 11.9. The van der Waals surface area contributed by atoms with Crippen molar-refractivity contribution in [1.29, 1.82) is 0 Å². The average Bonchev–Trinajstić information content (AvgIpc) is 3.16. The lowest BCUT2D eigenvalue weighted by Crippen LogP contribution is -2.27. The van der Waals surface area contributed by atoms with Crippen LogP contribution in [0.4, 0.5) is 0 Å². The normalized spacial score (nSPS) is 17.2. The summed E-state index contributed by atoms with van der Waals surface area (Å²) in [6, 6.07) is 16.9. The monoisotopic (exact) mass is 429 g/mol. The molecule has 0 unspecified atom stereocenters. The minimum atomic E-state index is 0.185. The highest BCUT2D eigenvalue weighted by Gasteiger charge is 2.48. The minimum Gasteiger partial charge on any atom is -0.371 e. The molecule has 1 saturated heterocycles. The van der Waals surface area contributed by atoms with E-state index in [1.54, 1.807) is 0 Å². The molecule has 1 fully saturated rings. The van der Waals surface area contributed by atoms with E-state index in [4.69, 9.17) is 4.74 Å². The van der Waals surface area contributed by atoms with E-state index in [1.807, 2.05) is 25.1 Å². The third-order valence-electron chi connectivity index (χ3n) is 8.11. The third kappa shape index (κ3) is 4.06. The maximum Gasteiger partial charge on any atom is 0.177 e. The van der Waals surface area contributed by atoms with E-state index in [1.165, 1.54) is 18.1 Å². The van der Waals surface area contributed by atoms with Crippen molar-refractivity contribution in [2.24, 2.45) is 17.9 Å². The zero-order valence-electron chi connectivity index (χ0n) is 20.5. The van der Waals surface area contributed by atoms with Gasteiger partial charge in [0.25, 0.3) is 0 Å². The van der Waals surface area contributed by atoms with Crippen LogP contribution in [0, 0.1) is 10.8 Å². The van der Waals surface area contributed by atoms with Crippen LogP contribution in [0.25, 0.3) is 10.9 Å². The Labute approximate surface area is 193 Å². The zero-order chi connectivity index (χ0) is 23.1. The van der Waals surface area contributed by atoms with Crippen LogP contribution in [0.1, 0.15) is 62.7 Å². The number of fused-ring (bicyclic) bond motifs is 1. The van der Waals surface area contributed by atoms with Gasteiger partial charge < -0.3 is 9.30 Å². The zero-order valence-corrected chi connectivity index (χ0v) is 20.5. The Kier molecular flexibility index (Phi) is 6.11. The standard InChI is InChI=1S/C28H36BNO2/c1-7-25(31)26-22-14-13-21(29-18-27(2,3)28(4,5)19-29)15-23(22)30(6)24(26)17-32-16-20-11-9-8-10-12-20/h8-15H,7,16-19H2,1-6H3. The van der Waals surface area contributed by atoms with Crippen molar-refractivity contribution in [3.8, 4) is 0 Å². The number of Topliss-reactive ketones (excluding diaryl/α,β-unsaturated/α-hetero) is 1. The highest BCUT2D eigenvalue weighted by molar-refractivity contribution is 6.74. The molecule has 0 bridgehead atoms. The molecule has 32 heavy (non-hydrogen) atoms. The molecule has 0 amide bonds. The number of hydrogen-bond acceptors (Lipinski definition) is 2. The van der Waals surface area contributed by atoms with Gasteiger partial charge in [0.2, 0.25) is 0 Å². The molecule has 3 nitrogen and oxygen atoms in total. The molecule has 0 saturated carbocycles. The van der Waals surface area contributed by atoms with Crippen molar-refractivity contribution >= 4 is 28.9 Å². The summed E-state index contributed by atoms with van der Waals surface area (Å²) in [6.07, 6.45) is 2.89. The number of carbonyl (C=O) groups excluding carboxylic acids is 1. The molecule has 1 aromatic heterocycles. The molecule has 3 aromatic rings. The molecular formula is C28H36BNO2. The maximum absolute atomic E-state index is 12.9. The van der Waals surface area contributed by atoms with Crippen molar-refractivity contribution < 1.29 is 9.53 Å². The molecule has 2 heterocycles. The number of rotatable bonds is 7. The van der Waals surface area contributed by atoms with Gasteiger partial charge in [-0.1, -0.05) is 95.2 Å². The van der Waals surface area contributed by atoms with Gasteiger partial charge in [0.05, 0.1) is 18.9 Å². The Bertz CT molecular complexity index is 1110. The molecule has 4 heteroatoms. The van der Waals surface area contributed by atoms with Crippen LogP contribution in [0.2, 0.25) is 12.6 Å². The van der Waals surface area contributed by atoms with Gasteiger partial charge >= 0.3 is 0 Å². The lowest BCUT2D eigenvalue weighted by atomic mass is 9.42. The van der Waals surface area contributed by atoms with E-state index in [0.717, 1.165) is 27.7 Å². The largest absolute Gasteiger partial charge is 0.371 e. The van der Waals surface area contributed by atoms with Gasteiger partial charge in [-0.25, -0.2) is 0 Å². The van der Waals surface area contributed by atoms with E-state index in [-0.39, 0.29) is 5.78 Å². The lowest BCUT2D eigenvalue weighted by Gasteiger charge is -2.35. The number of ether oxygens (including phenoxy) is 1. The molecule has 0 aliphatic carbocycles. The first-order valence-electron chi connectivity index (χ1n) is 11.9. The first-order chi connectivity index (χ1) is 15.1. The Morgan fingerprint density at radius 3 is 2.28 bits per heavy atom. The molecule has 1 aliphatic rings. The molecule has 0 atom stereocenters. The quantitative estimate of drug-likeness (QED) is 0.328. The second-order valence-corrected chi connectivity index (χ2v) is 10.8. The van der Waals surface area contributed by atoms with E-state index in [9.17, 15) is 4.79 Å². The predicted molar refractivity (Wildman–Crippen MR) is 135 cm³/mol. The van der Waals surface area contributed by atoms with Gasteiger partial charge in [0.1, 0.15) is 0 Å². The van der Waals surface area contributed by atoms with Crippen molar-refractivity contribution in [2.75, 3.05) is 0 Å². The summed E-state index contributed by atoms with van der Waals surface area (Å²) in [5, 5.41) is 1.05. The summed E-state index contributed by atoms with van der Waals surface area (Å²) in [5.74, 6) is 0.185. The number of benzene rings is 2. The molecule has 0 spiro atoms. The van der Waals surface area contributed by atoms with Gasteiger partial charge in [-0.3, -0.25) is 4.79 Å². The smallest absolute Gasteiger partial charge is 0.177 e. The second kappa shape index (κ2) is 8.55. The fourth-order valence-electron chi connectivity index (χ4n) is 5.35. The van der Waals surface area contributed by atoms with E-state index >= 15 is 0 Å². The topological polar surface area (TPSA) is 31.2 Å². The Hall–Kier alpha value is -2.33. The number of hydrogen-bond donors (Lipinski definition) is 0. The Balaban J connectivity index is 1.67. The van der Waals surface area contributed by atoms with Gasteiger partial charge in [0.15, 0.2) is 12.5 Å². The van der Waals surface area contributed by atoms with Gasteiger partial charge in [-0.2, -0.15) is 0 Å². The van der Waals surface area contributed by atoms with Crippen LogP contribution in [-0.2, 0) is 25.0 Å². The van der Waals surface area contributed by atoms with Crippen LogP contribution in [0.3, 0.4) is 0 Å². The summed E-state index contributed by atoms with van der Waals surface area (Å²) in [4.78, 5) is 12.9. The predicted octanol–water partition coefficient (Wildman–Crippen LogP) is 6.26. The van der Waals surface area contributed by atoms with Crippen LogP contribution < -0.4 is 5.46 Å². The van der Waals surface area contributed by atoms with Crippen LogP contribution in [0.5, 0.6) is 0 Å². The SMILES string of the molecule is CCC(=O)c1c(COCc2ccccc2)n(C)c2cc(B3CC(C)(C)C(C)(C)C3)ccc12. The van der Waals surface area contributed by atoms with E-state index in [0.29, 0.717) is 37.2 Å². The number of carbonyl (C=O) groups is 1. The molecule has 2 aromatic carbocycles. The van der Waals surface area contributed by atoms with E-state index < -0.39 is 0 Å². The maximum atomic E-state index is 12.9. The summed E-state index contributed by atoms with van der Waals surface area (Å²) >= 11 is 0. The molecule has 4 rings (SSSR count). The first kappa shape index (κ1) is 22.9. The Morgan fingerprint density at radius 1 is 1.00 bits per heavy atom. The lowest BCUT2D eigenvalue weighted by molar-refractivity contribution is 0.0945. The second-order valence-electron chi connectivity index (χ2n) is 10.8. The fourth-order valence-corrected chi connectivity index (χ4v) is 5.35. The highest BCUT2D eigenvalue weighted by atomic mass is 16.5. The van der Waals surface area contributed by atoms with Gasteiger partial charge in [-0.15, -0.1) is 0 Å². The van der Waals surface area contributed by atoms with Crippen molar-refractivity contribution in [3.63, 3.8) is 0 Å². The van der Waals surface area contributed by atoms with E-state index in [2.05, 4.69) is 69.6 Å². The number of aryl methyl sites for hydroxylation is 1. The number of aromatic nitrogens is 1. The van der Waals surface area contributed by atoms with Crippen molar-refractivity contribution in [2.45, 2.75) is 66.9 Å². The van der Waals surface area contributed by atoms with Crippen LogP contribution >= 0.6 is 0 Å². The molecule has 0 radical (unpaired) electrons. The molecular weight excluding hydrogens is 393 g/mol. The highest BCUT2D eigenvalue weighted by Crippen LogP contribution is 2.52. The molecule has 1 aliphatic heterocycles. The summed E-state index contributed by atoms with van der Waals surface area (Å²) in [5.41, 5.74) is 6.12. The molecule has 0 N–H and O–H groups in total. The van der Waals surface area contributed by atoms with Gasteiger partial charge in [0, 0.05) is 29.9 Å².